The summed E-state index contributed by atoms with van der Waals surface area (Å²) in [7, 11) is -1.36. The highest BCUT2D eigenvalue weighted by Gasteiger charge is 2.12. The first kappa shape index (κ1) is 13.2. The molecule has 0 aromatic heterocycles. The van der Waals surface area contributed by atoms with Gasteiger partial charge in [0.15, 0.2) is 0 Å². The minimum Gasteiger partial charge on any atom is -0.478 e. The standard InChI is InChI=1S/C10H11ClO4S/c1-2-15-6-16(14)7-3-4-9(11)8(5-7)10(12)13/h3-5H,2,6H2,1H3,(H,12,13). The summed E-state index contributed by atoms with van der Waals surface area (Å²) in [5.74, 6) is -1.09. The van der Waals surface area contributed by atoms with Gasteiger partial charge in [0.05, 0.1) is 21.4 Å². The van der Waals surface area contributed by atoms with Crippen molar-refractivity contribution in [2.45, 2.75) is 11.8 Å². The van der Waals surface area contributed by atoms with E-state index in [1.165, 1.54) is 18.2 Å². The molecule has 0 bridgehead atoms. The lowest BCUT2D eigenvalue weighted by Crippen LogP contribution is -2.05. The van der Waals surface area contributed by atoms with Crippen molar-refractivity contribution in [2.24, 2.45) is 0 Å². The van der Waals surface area contributed by atoms with Gasteiger partial charge in [0.25, 0.3) is 0 Å². The van der Waals surface area contributed by atoms with Crippen LogP contribution in [0.4, 0.5) is 0 Å². The highest BCUT2D eigenvalue weighted by molar-refractivity contribution is 7.84. The number of carbonyl (C=O) groups is 1. The first-order valence-electron chi connectivity index (χ1n) is 4.55. The Kier molecular flexibility index (Phi) is 4.92. The SMILES string of the molecule is CCOCS(=O)c1ccc(Cl)c(C(=O)O)c1. The smallest absolute Gasteiger partial charge is 0.337 e. The lowest BCUT2D eigenvalue weighted by Gasteiger charge is -2.04. The Balaban J connectivity index is 2.94. The summed E-state index contributed by atoms with van der Waals surface area (Å²) in [4.78, 5) is 11.2. The fourth-order valence-electron chi connectivity index (χ4n) is 1.04. The van der Waals surface area contributed by atoms with Crippen LogP contribution in [0.5, 0.6) is 0 Å². The van der Waals surface area contributed by atoms with Crippen LogP contribution in [0.15, 0.2) is 23.1 Å². The Bertz CT molecular complexity index is 419. The summed E-state index contributed by atoms with van der Waals surface area (Å²) in [6, 6.07) is 4.26. The maximum atomic E-state index is 11.6. The number of hydrogen-bond donors (Lipinski definition) is 1. The summed E-state index contributed by atoms with van der Waals surface area (Å²) in [5, 5.41) is 8.96. The van der Waals surface area contributed by atoms with Gasteiger partial charge in [0.1, 0.15) is 5.94 Å². The fraction of sp³-hybridized carbons (Fsp3) is 0.300. The van der Waals surface area contributed by atoms with Crippen LogP contribution >= 0.6 is 11.6 Å². The molecule has 6 heteroatoms. The molecule has 0 saturated heterocycles. The number of ether oxygens (including phenoxy) is 1. The number of carboxylic acids is 1. The van der Waals surface area contributed by atoms with E-state index in [4.69, 9.17) is 21.4 Å². The molecule has 88 valence electrons. The molecule has 0 radical (unpaired) electrons. The molecule has 0 amide bonds. The number of aromatic carboxylic acids is 1. The van der Waals surface area contributed by atoms with E-state index in [0.717, 1.165) is 0 Å². The van der Waals surface area contributed by atoms with E-state index in [2.05, 4.69) is 0 Å². The van der Waals surface area contributed by atoms with E-state index >= 15 is 0 Å². The van der Waals surface area contributed by atoms with Crippen molar-refractivity contribution < 1.29 is 18.8 Å². The van der Waals surface area contributed by atoms with Gasteiger partial charge >= 0.3 is 5.97 Å². The first-order chi connectivity index (χ1) is 7.56. The second-order valence-electron chi connectivity index (χ2n) is 2.90. The third-order valence-electron chi connectivity index (χ3n) is 1.83. The van der Waals surface area contributed by atoms with E-state index in [1.807, 2.05) is 0 Å². The molecule has 1 aromatic rings. The quantitative estimate of drug-likeness (QED) is 0.883. The van der Waals surface area contributed by atoms with Crippen LogP contribution in [-0.4, -0.2) is 27.8 Å². The molecule has 1 atom stereocenters. The third-order valence-corrected chi connectivity index (χ3v) is 3.32. The zero-order chi connectivity index (χ0) is 12.1. The van der Waals surface area contributed by atoms with Gasteiger partial charge in [0.2, 0.25) is 0 Å². The molecule has 0 fully saturated rings. The zero-order valence-electron chi connectivity index (χ0n) is 8.60. The Morgan fingerprint density at radius 1 is 1.56 bits per heavy atom. The molecule has 1 rings (SSSR count). The Morgan fingerprint density at radius 3 is 2.81 bits per heavy atom. The predicted octanol–water partition coefficient (Wildman–Crippen LogP) is 2.14. The summed E-state index contributed by atoms with van der Waals surface area (Å²) in [6.45, 7) is 2.26. The fourth-order valence-corrected chi connectivity index (χ4v) is 2.16. The molecule has 1 unspecified atom stereocenters. The molecule has 4 nitrogen and oxygen atoms in total. The Labute approximate surface area is 101 Å². The molecule has 1 aromatic carbocycles. The molecule has 0 heterocycles. The van der Waals surface area contributed by atoms with Gasteiger partial charge in [-0.15, -0.1) is 0 Å². The molecule has 0 aliphatic carbocycles. The molecule has 0 aliphatic heterocycles. The predicted molar refractivity (Wildman–Crippen MR) is 61.3 cm³/mol. The van der Waals surface area contributed by atoms with E-state index in [0.29, 0.717) is 11.5 Å². The van der Waals surface area contributed by atoms with Gasteiger partial charge < -0.3 is 9.84 Å². The largest absolute Gasteiger partial charge is 0.478 e. The van der Waals surface area contributed by atoms with E-state index in [1.54, 1.807) is 6.92 Å². The highest BCUT2D eigenvalue weighted by Crippen LogP contribution is 2.19. The van der Waals surface area contributed by atoms with Crippen molar-refractivity contribution in [2.75, 3.05) is 12.5 Å². The average molecular weight is 263 g/mol. The van der Waals surface area contributed by atoms with Gasteiger partial charge in [-0.05, 0) is 25.1 Å². The number of rotatable bonds is 5. The number of hydrogen-bond acceptors (Lipinski definition) is 3. The van der Waals surface area contributed by atoms with E-state index < -0.39 is 16.8 Å². The maximum absolute atomic E-state index is 11.6. The van der Waals surface area contributed by atoms with Gasteiger partial charge in [-0.2, -0.15) is 0 Å². The summed E-state index contributed by atoms with van der Waals surface area (Å²) in [6.07, 6.45) is 0. The van der Waals surface area contributed by atoms with Gasteiger partial charge in [-0.3, -0.25) is 4.21 Å². The summed E-state index contributed by atoms with van der Waals surface area (Å²) >= 11 is 5.69. The van der Waals surface area contributed by atoms with Crippen LogP contribution in [0.1, 0.15) is 17.3 Å². The van der Waals surface area contributed by atoms with Gasteiger partial charge in [-0.1, -0.05) is 11.6 Å². The summed E-state index contributed by atoms with van der Waals surface area (Å²) in [5.41, 5.74) is -0.0518. The van der Waals surface area contributed by atoms with Crippen LogP contribution in [0.3, 0.4) is 0 Å². The van der Waals surface area contributed by atoms with Crippen LogP contribution in [0.2, 0.25) is 5.02 Å². The number of benzene rings is 1. The topological polar surface area (TPSA) is 63.6 Å². The Morgan fingerprint density at radius 2 is 2.25 bits per heavy atom. The minimum atomic E-state index is -1.36. The molecule has 1 N–H and O–H groups in total. The third kappa shape index (κ3) is 3.30. The van der Waals surface area contributed by atoms with Crippen molar-refractivity contribution in [1.29, 1.82) is 0 Å². The second-order valence-corrected chi connectivity index (χ2v) is 4.71. The molecule has 0 spiro atoms. The summed E-state index contributed by atoms with van der Waals surface area (Å²) < 4.78 is 16.6. The molecule has 16 heavy (non-hydrogen) atoms. The van der Waals surface area contributed by atoms with Crippen LogP contribution in [-0.2, 0) is 15.5 Å². The lowest BCUT2D eigenvalue weighted by atomic mass is 10.2. The molecule has 0 saturated carbocycles. The minimum absolute atomic E-state index is 0.0518. The number of carboxylic acid groups (broad SMARTS) is 1. The number of halogens is 1. The van der Waals surface area contributed by atoms with E-state index in [-0.39, 0.29) is 16.5 Å². The van der Waals surface area contributed by atoms with Gasteiger partial charge in [-0.25, -0.2) is 4.79 Å². The first-order valence-corrected chi connectivity index (χ1v) is 6.25. The van der Waals surface area contributed by atoms with Crippen molar-refractivity contribution >= 4 is 28.4 Å². The van der Waals surface area contributed by atoms with Crippen LogP contribution < -0.4 is 0 Å². The van der Waals surface area contributed by atoms with Crippen LogP contribution in [0.25, 0.3) is 0 Å². The molecule has 0 aliphatic rings. The average Bonchev–Trinajstić information content (AvgIpc) is 2.26. The normalized spacial score (nSPS) is 12.4. The Hall–Kier alpha value is -0.910. The van der Waals surface area contributed by atoms with Crippen molar-refractivity contribution in [1.82, 2.24) is 0 Å². The van der Waals surface area contributed by atoms with Gasteiger partial charge in [0, 0.05) is 11.5 Å². The van der Waals surface area contributed by atoms with Crippen molar-refractivity contribution in [3.63, 3.8) is 0 Å². The lowest BCUT2D eigenvalue weighted by molar-refractivity contribution is 0.0697. The molecular weight excluding hydrogens is 252 g/mol. The van der Waals surface area contributed by atoms with Crippen LogP contribution in [0, 0.1) is 0 Å². The highest BCUT2D eigenvalue weighted by atomic mass is 35.5. The monoisotopic (exact) mass is 262 g/mol. The molecular formula is C10H11ClO4S. The van der Waals surface area contributed by atoms with E-state index in [9.17, 15) is 9.00 Å². The zero-order valence-corrected chi connectivity index (χ0v) is 10.2. The maximum Gasteiger partial charge on any atom is 0.337 e. The van der Waals surface area contributed by atoms with Crippen molar-refractivity contribution in [3.8, 4) is 0 Å². The second kappa shape index (κ2) is 5.98. The van der Waals surface area contributed by atoms with Crippen molar-refractivity contribution in [3.05, 3.63) is 28.8 Å².